The number of halogens is 1. The van der Waals surface area contributed by atoms with E-state index < -0.39 is 0 Å². The number of hydrogen-bond donors (Lipinski definition) is 2. The van der Waals surface area contributed by atoms with Gasteiger partial charge in [-0.2, -0.15) is 9.61 Å². The van der Waals surface area contributed by atoms with Crippen molar-refractivity contribution in [3.63, 3.8) is 0 Å². The highest BCUT2D eigenvalue weighted by Crippen LogP contribution is 2.24. The van der Waals surface area contributed by atoms with Crippen molar-refractivity contribution >= 4 is 30.6 Å². The molecule has 0 amide bonds. The van der Waals surface area contributed by atoms with Crippen LogP contribution in [-0.4, -0.2) is 27.4 Å². The highest BCUT2D eigenvalue weighted by Gasteiger charge is 2.13. The van der Waals surface area contributed by atoms with Crippen molar-refractivity contribution in [3.05, 3.63) is 66.2 Å². The second-order valence-electron chi connectivity index (χ2n) is 5.78. The average molecular weight is 344 g/mol. The first-order chi connectivity index (χ1) is 12.6. The number of nitrogen functional groups attached to an aromatic ring is 1. The lowest BCUT2D eigenvalue weighted by Gasteiger charge is -2.12. The number of hydrogen-bond acceptors (Lipinski definition) is 5. The van der Waals surface area contributed by atoms with Crippen LogP contribution in [0.3, 0.4) is 0 Å². The SMILES string of the molecule is [B]c1cnn2c(NCc3ccnc(N)c3)cc(-c3ccccc3F)nc12. The number of benzene rings is 1. The zero-order valence-corrected chi connectivity index (χ0v) is 13.7. The molecule has 0 aliphatic rings. The maximum absolute atomic E-state index is 14.2. The minimum absolute atomic E-state index is 0.352. The lowest BCUT2D eigenvalue weighted by molar-refractivity contribution is 0.630. The van der Waals surface area contributed by atoms with Crippen molar-refractivity contribution in [2.45, 2.75) is 6.54 Å². The predicted molar refractivity (Wildman–Crippen MR) is 99.7 cm³/mol. The number of aromatic nitrogens is 4. The van der Waals surface area contributed by atoms with Gasteiger partial charge in [-0.25, -0.2) is 14.4 Å². The summed E-state index contributed by atoms with van der Waals surface area (Å²) in [4.78, 5) is 8.44. The highest BCUT2D eigenvalue weighted by molar-refractivity contribution is 6.36. The lowest BCUT2D eigenvalue weighted by atomic mass is 10.0. The Balaban J connectivity index is 1.77. The third-order valence-electron chi connectivity index (χ3n) is 3.97. The summed E-state index contributed by atoms with van der Waals surface area (Å²) in [5.74, 6) is 0.732. The monoisotopic (exact) mass is 344 g/mol. The van der Waals surface area contributed by atoms with Gasteiger partial charge in [-0.05, 0) is 35.3 Å². The summed E-state index contributed by atoms with van der Waals surface area (Å²) in [6.45, 7) is 0.488. The van der Waals surface area contributed by atoms with Crippen LogP contribution >= 0.6 is 0 Å². The minimum atomic E-state index is -0.352. The topological polar surface area (TPSA) is 81.1 Å². The van der Waals surface area contributed by atoms with Crippen molar-refractivity contribution in [1.29, 1.82) is 0 Å². The molecule has 3 N–H and O–H groups in total. The van der Waals surface area contributed by atoms with E-state index in [4.69, 9.17) is 13.6 Å². The Labute approximate surface area is 150 Å². The molecule has 8 heteroatoms. The van der Waals surface area contributed by atoms with E-state index >= 15 is 0 Å². The van der Waals surface area contributed by atoms with Crippen LogP contribution in [-0.2, 0) is 6.54 Å². The third-order valence-corrected chi connectivity index (χ3v) is 3.97. The Kier molecular flexibility index (Phi) is 4.00. The fourth-order valence-corrected chi connectivity index (χ4v) is 2.71. The van der Waals surface area contributed by atoms with Crippen molar-refractivity contribution < 1.29 is 4.39 Å². The molecule has 0 aliphatic heterocycles. The molecule has 1 aromatic carbocycles. The molecule has 4 aromatic rings. The first-order valence-electron chi connectivity index (χ1n) is 7.95. The van der Waals surface area contributed by atoms with Crippen molar-refractivity contribution in [2.75, 3.05) is 11.1 Å². The van der Waals surface area contributed by atoms with Crippen LogP contribution < -0.4 is 16.5 Å². The molecule has 0 saturated carbocycles. The van der Waals surface area contributed by atoms with E-state index in [2.05, 4.69) is 20.4 Å². The lowest BCUT2D eigenvalue weighted by Crippen LogP contribution is -2.10. The average Bonchev–Trinajstić information content (AvgIpc) is 3.01. The van der Waals surface area contributed by atoms with Crippen LogP contribution in [0.15, 0.2) is 54.9 Å². The Morgan fingerprint density at radius 1 is 1.19 bits per heavy atom. The third kappa shape index (κ3) is 2.97. The molecule has 2 radical (unpaired) electrons. The van der Waals surface area contributed by atoms with E-state index in [1.165, 1.54) is 12.3 Å². The van der Waals surface area contributed by atoms with Gasteiger partial charge in [-0.15, -0.1) is 0 Å². The van der Waals surface area contributed by atoms with Crippen molar-refractivity contribution in [3.8, 4) is 11.3 Å². The van der Waals surface area contributed by atoms with E-state index in [0.717, 1.165) is 5.56 Å². The molecule has 0 fully saturated rings. The summed E-state index contributed by atoms with van der Waals surface area (Å²) in [5.41, 5.74) is 8.41. The standard InChI is InChI=1S/C18H14BFN6/c19-13-10-24-26-17(23-9-11-5-6-22-16(21)7-11)8-15(25-18(13)26)12-3-1-2-4-14(12)20/h1-8,10,23H,9H2,(H2,21,22). The summed E-state index contributed by atoms with van der Waals surface area (Å²) >= 11 is 0. The van der Waals surface area contributed by atoms with Crippen LogP contribution in [0.5, 0.6) is 0 Å². The minimum Gasteiger partial charge on any atom is -0.384 e. The Bertz CT molecular complexity index is 1090. The number of nitrogens with one attached hydrogen (secondary N) is 1. The fraction of sp³-hybridized carbons (Fsp3) is 0.0556. The summed E-state index contributed by atoms with van der Waals surface area (Å²) in [7, 11) is 5.97. The van der Waals surface area contributed by atoms with Gasteiger partial charge in [-0.1, -0.05) is 12.1 Å². The second kappa shape index (κ2) is 6.47. The molecule has 0 spiro atoms. The molecular weight excluding hydrogens is 330 g/mol. The molecule has 26 heavy (non-hydrogen) atoms. The van der Waals surface area contributed by atoms with E-state index in [1.54, 1.807) is 41.0 Å². The zero-order chi connectivity index (χ0) is 18.1. The maximum Gasteiger partial charge on any atom is 0.150 e. The summed E-state index contributed by atoms with van der Waals surface area (Å²) in [5, 5.41) is 7.51. The van der Waals surface area contributed by atoms with Crippen LogP contribution in [0.25, 0.3) is 16.9 Å². The fourth-order valence-electron chi connectivity index (χ4n) is 2.71. The second-order valence-corrected chi connectivity index (χ2v) is 5.78. The number of pyridine rings is 1. The smallest absolute Gasteiger partial charge is 0.150 e. The number of rotatable bonds is 4. The zero-order valence-electron chi connectivity index (χ0n) is 13.7. The van der Waals surface area contributed by atoms with Gasteiger partial charge in [0.05, 0.1) is 5.69 Å². The van der Waals surface area contributed by atoms with Crippen LogP contribution in [0.2, 0.25) is 0 Å². The van der Waals surface area contributed by atoms with E-state index in [9.17, 15) is 4.39 Å². The van der Waals surface area contributed by atoms with Crippen LogP contribution in [0, 0.1) is 5.82 Å². The molecule has 4 rings (SSSR count). The predicted octanol–water partition coefficient (Wildman–Crippen LogP) is 1.92. The van der Waals surface area contributed by atoms with Gasteiger partial charge >= 0.3 is 0 Å². The number of fused-ring (bicyclic) bond motifs is 1. The molecule has 0 aliphatic carbocycles. The van der Waals surface area contributed by atoms with Crippen molar-refractivity contribution in [2.24, 2.45) is 0 Å². The maximum atomic E-state index is 14.2. The van der Waals surface area contributed by atoms with Gasteiger partial charge < -0.3 is 11.1 Å². The van der Waals surface area contributed by atoms with Gasteiger partial charge in [0.2, 0.25) is 0 Å². The number of nitrogens with zero attached hydrogens (tertiary/aromatic N) is 4. The van der Waals surface area contributed by atoms with E-state index in [0.29, 0.717) is 40.5 Å². The largest absolute Gasteiger partial charge is 0.384 e. The Hall–Kier alpha value is -3.42. The van der Waals surface area contributed by atoms with E-state index in [1.807, 2.05) is 6.07 Å². The van der Waals surface area contributed by atoms with Crippen LogP contribution in [0.4, 0.5) is 16.0 Å². The number of nitrogens with two attached hydrogens (primary N) is 1. The van der Waals surface area contributed by atoms with Gasteiger partial charge in [0.25, 0.3) is 0 Å². The van der Waals surface area contributed by atoms with Gasteiger partial charge in [0, 0.05) is 30.6 Å². The molecule has 6 nitrogen and oxygen atoms in total. The van der Waals surface area contributed by atoms with Gasteiger partial charge in [0.15, 0.2) is 5.65 Å². The molecule has 0 bridgehead atoms. The highest BCUT2D eigenvalue weighted by atomic mass is 19.1. The Morgan fingerprint density at radius 2 is 2.04 bits per heavy atom. The first-order valence-corrected chi connectivity index (χ1v) is 7.95. The summed E-state index contributed by atoms with van der Waals surface area (Å²) in [6.07, 6.45) is 3.16. The molecule has 0 saturated heterocycles. The molecule has 0 unspecified atom stereocenters. The van der Waals surface area contributed by atoms with Gasteiger partial charge in [0.1, 0.15) is 25.3 Å². The molecule has 3 heterocycles. The molecule has 126 valence electrons. The molecule has 0 atom stereocenters. The Morgan fingerprint density at radius 3 is 2.85 bits per heavy atom. The molecular formula is C18H14BFN6. The van der Waals surface area contributed by atoms with E-state index in [-0.39, 0.29) is 5.82 Å². The van der Waals surface area contributed by atoms with Crippen molar-refractivity contribution in [1.82, 2.24) is 19.6 Å². The van der Waals surface area contributed by atoms with Crippen LogP contribution in [0.1, 0.15) is 5.56 Å². The summed E-state index contributed by atoms with van der Waals surface area (Å²) < 4.78 is 15.8. The van der Waals surface area contributed by atoms with Gasteiger partial charge in [-0.3, -0.25) is 0 Å². The normalized spacial score (nSPS) is 11.0. The quantitative estimate of drug-likeness (QED) is 0.553. The number of anilines is 2. The first kappa shape index (κ1) is 16.1. The molecule has 3 aromatic heterocycles. The summed E-state index contributed by atoms with van der Waals surface area (Å²) in [6, 6.07) is 11.8.